The van der Waals surface area contributed by atoms with Gasteiger partial charge in [-0.2, -0.15) is 13.2 Å². The first-order valence-electron chi connectivity index (χ1n) is 8.50. The van der Waals surface area contributed by atoms with Gasteiger partial charge in [0.05, 0.1) is 17.9 Å². The highest BCUT2D eigenvalue weighted by Gasteiger charge is 2.53. The largest absolute Gasteiger partial charge is 0.481 e. The Morgan fingerprint density at radius 2 is 1.81 bits per heavy atom. The summed E-state index contributed by atoms with van der Waals surface area (Å²) in [6, 6.07) is 11.9. The third-order valence-electron chi connectivity index (χ3n) is 5.06. The number of alkyl halides is 3. The van der Waals surface area contributed by atoms with E-state index in [0.717, 1.165) is 10.8 Å². The fourth-order valence-corrected chi connectivity index (χ4v) is 3.47. The molecule has 0 aromatic heterocycles. The van der Waals surface area contributed by atoms with Crippen LogP contribution in [0.4, 0.5) is 18.9 Å². The predicted octanol–water partition coefficient (Wildman–Crippen LogP) is 3.36. The average molecular weight is 380 g/mol. The Morgan fingerprint density at radius 1 is 1.15 bits per heavy atom. The minimum Gasteiger partial charge on any atom is -0.481 e. The first kappa shape index (κ1) is 19.2. The van der Waals surface area contributed by atoms with Crippen LogP contribution >= 0.6 is 0 Å². The van der Waals surface area contributed by atoms with Gasteiger partial charge in [0.25, 0.3) is 0 Å². The fourth-order valence-electron chi connectivity index (χ4n) is 3.47. The van der Waals surface area contributed by atoms with Gasteiger partial charge in [-0.25, -0.2) is 0 Å². The molecule has 144 valence electrons. The molecule has 2 aromatic rings. The summed E-state index contributed by atoms with van der Waals surface area (Å²) in [5, 5.41) is 13.6. The Balaban J connectivity index is 1.76. The van der Waals surface area contributed by atoms with Crippen LogP contribution in [0.3, 0.4) is 0 Å². The smallest absolute Gasteiger partial charge is 0.393 e. The molecule has 1 aliphatic heterocycles. The van der Waals surface area contributed by atoms with Crippen molar-refractivity contribution >= 4 is 28.3 Å². The van der Waals surface area contributed by atoms with Crippen LogP contribution < -0.4 is 5.32 Å². The Labute approximate surface area is 153 Å². The number of carboxylic acids is 1. The Kier molecular flexibility index (Phi) is 5.10. The molecule has 1 amide bonds. The molecule has 0 saturated carbocycles. The Hall–Kier alpha value is -2.61. The molecule has 2 N–H and O–H groups in total. The molecule has 27 heavy (non-hydrogen) atoms. The normalized spacial score (nSPS) is 21.9. The minimum atomic E-state index is -4.62. The van der Waals surface area contributed by atoms with Crippen LogP contribution in [-0.2, 0) is 9.59 Å². The second-order valence-corrected chi connectivity index (χ2v) is 6.74. The highest BCUT2D eigenvalue weighted by atomic mass is 19.4. The quantitative estimate of drug-likeness (QED) is 0.854. The van der Waals surface area contributed by atoms with Gasteiger partial charge in [-0.15, -0.1) is 0 Å². The molecule has 0 spiro atoms. The van der Waals surface area contributed by atoms with Gasteiger partial charge >= 0.3 is 12.1 Å². The number of nitrogens with one attached hydrogen (secondary N) is 1. The van der Waals surface area contributed by atoms with Crippen LogP contribution in [0.15, 0.2) is 42.5 Å². The number of amides is 1. The molecular formula is C19H19F3N2O3. The standard InChI is InChI=1S/C19H19F3N2O3/c1-11(24-9-14(18(26)27)15(10-24)19(20,21)22)17(25)23-16-8-4-6-12-5-2-3-7-13(12)16/h2-8,11,14-15H,9-10H2,1H3,(H,23,25)(H,26,27)/t11?,14-,15-/m1/s1. The number of likely N-dealkylation sites (tertiary alicyclic amines) is 1. The number of aliphatic carboxylic acids is 1. The van der Waals surface area contributed by atoms with E-state index in [2.05, 4.69) is 5.32 Å². The second-order valence-electron chi connectivity index (χ2n) is 6.74. The lowest BCUT2D eigenvalue weighted by Gasteiger charge is -2.24. The van der Waals surface area contributed by atoms with Crippen molar-refractivity contribution in [3.8, 4) is 0 Å². The van der Waals surface area contributed by atoms with Crippen molar-refractivity contribution in [2.24, 2.45) is 11.8 Å². The van der Waals surface area contributed by atoms with Gasteiger partial charge in [0, 0.05) is 24.2 Å². The molecule has 1 fully saturated rings. The molecular weight excluding hydrogens is 361 g/mol. The second kappa shape index (κ2) is 7.19. The van der Waals surface area contributed by atoms with E-state index in [1.807, 2.05) is 30.3 Å². The Bertz CT molecular complexity index is 863. The molecule has 1 unspecified atom stereocenters. The van der Waals surface area contributed by atoms with Crippen molar-refractivity contribution in [2.45, 2.75) is 19.1 Å². The lowest BCUT2D eigenvalue weighted by atomic mass is 9.96. The van der Waals surface area contributed by atoms with Crippen molar-refractivity contribution in [1.82, 2.24) is 4.90 Å². The van der Waals surface area contributed by atoms with Gasteiger partial charge < -0.3 is 10.4 Å². The summed E-state index contributed by atoms with van der Waals surface area (Å²) in [6.45, 7) is 0.659. The molecule has 1 aliphatic rings. The molecule has 0 bridgehead atoms. The number of anilines is 1. The summed E-state index contributed by atoms with van der Waals surface area (Å²) in [5.41, 5.74) is 0.561. The van der Waals surface area contributed by atoms with E-state index in [1.165, 1.54) is 11.8 Å². The van der Waals surface area contributed by atoms with Gasteiger partial charge in [0.2, 0.25) is 5.91 Å². The molecule has 2 aromatic carbocycles. The zero-order valence-corrected chi connectivity index (χ0v) is 14.5. The SMILES string of the molecule is CC(C(=O)Nc1cccc2ccccc12)N1C[C@@H](C(F)(F)F)[C@H](C(=O)O)C1. The maximum Gasteiger partial charge on any atom is 0.393 e. The molecule has 8 heteroatoms. The highest BCUT2D eigenvalue weighted by molar-refractivity contribution is 6.03. The molecule has 3 atom stereocenters. The van der Waals surface area contributed by atoms with E-state index in [0.29, 0.717) is 5.69 Å². The lowest BCUT2D eigenvalue weighted by molar-refractivity contribution is -0.188. The van der Waals surface area contributed by atoms with Crippen molar-refractivity contribution in [1.29, 1.82) is 0 Å². The molecule has 1 saturated heterocycles. The van der Waals surface area contributed by atoms with Crippen LogP contribution in [0, 0.1) is 11.8 Å². The number of carbonyl (C=O) groups is 2. The summed E-state index contributed by atoms with van der Waals surface area (Å²) < 4.78 is 39.4. The van der Waals surface area contributed by atoms with E-state index in [4.69, 9.17) is 5.11 Å². The third kappa shape index (κ3) is 3.90. The van der Waals surface area contributed by atoms with Crippen molar-refractivity contribution in [3.63, 3.8) is 0 Å². The summed E-state index contributed by atoms with van der Waals surface area (Å²) in [6.07, 6.45) is -4.62. The number of benzene rings is 2. The minimum absolute atomic E-state index is 0.316. The summed E-state index contributed by atoms with van der Waals surface area (Å²) in [7, 11) is 0. The molecule has 5 nitrogen and oxygen atoms in total. The number of hydrogen-bond acceptors (Lipinski definition) is 3. The number of hydrogen-bond donors (Lipinski definition) is 2. The third-order valence-corrected chi connectivity index (χ3v) is 5.06. The maximum atomic E-state index is 13.1. The van der Waals surface area contributed by atoms with Crippen molar-refractivity contribution in [3.05, 3.63) is 42.5 Å². The zero-order valence-electron chi connectivity index (χ0n) is 14.5. The monoisotopic (exact) mass is 380 g/mol. The van der Waals surface area contributed by atoms with Crippen LogP contribution in [0.25, 0.3) is 10.8 Å². The number of fused-ring (bicyclic) bond motifs is 1. The first-order valence-corrected chi connectivity index (χ1v) is 8.50. The molecule has 3 rings (SSSR count). The van der Waals surface area contributed by atoms with E-state index in [-0.39, 0.29) is 6.54 Å². The molecule has 1 heterocycles. The first-order chi connectivity index (χ1) is 12.7. The van der Waals surface area contributed by atoms with Gasteiger partial charge in [-0.3, -0.25) is 14.5 Å². The van der Waals surface area contributed by atoms with Crippen molar-refractivity contribution < 1.29 is 27.9 Å². The lowest BCUT2D eigenvalue weighted by Crippen LogP contribution is -2.41. The van der Waals surface area contributed by atoms with Gasteiger partial charge in [-0.05, 0) is 18.4 Å². The van der Waals surface area contributed by atoms with E-state index < -0.39 is 42.5 Å². The van der Waals surface area contributed by atoms with E-state index >= 15 is 0 Å². The number of carbonyl (C=O) groups excluding carboxylic acids is 1. The van der Waals surface area contributed by atoms with Gasteiger partial charge in [-0.1, -0.05) is 36.4 Å². The van der Waals surface area contributed by atoms with Crippen LogP contribution in [0.1, 0.15) is 6.92 Å². The van der Waals surface area contributed by atoms with E-state index in [9.17, 15) is 22.8 Å². The topological polar surface area (TPSA) is 69.6 Å². The number of carboxylic acid groups (broad SMARTS) is 1. The van der Waals surface area contributed by atoms with E-state index in [1.54, 1.807) is 12.1 Å². The summed E-state index contributed by atoms with van der Waals surface area (Å²) >= 11 is 0. The van der Waals surface area contributed by atoms with Crippen LogP contribution in [-0.4, -0.2) is 47.2 Å². The fraction of sp³-hybridized carbons (Fsp3) is 0.368. The average Bonchev–Trinajstić information content (AvgIpc) is 3.07. The Morgan fingerprint density at radius 3 is 2.44 bits per heavy atom. The van der Waals surface area contributed by atoms with Gasteiger partial charge in [0.15, 0.2) is 0 Å². The van der Waals surface area contributed by atoms with Crippen LogP contribution in [0.2, 0.25) is 0 Å². The maximum absolute atomic E-state index is 13.1. The zero-order chi connectivity index (χ0) is 19.8. The number of nitrogens with zero attached hydrogens (tertiary/aromatic N) is 1. The number of halogens is 3. The van der Waals surface area contributed by atoms with Crippen LogP contribution in [0.5, 0.6) is 0 Å². The summed E-state index contributed by atoms with van der Waals surface area (Å²) in [5.74, 6) is -5.53. The highest BCUT2D eigenvalue weighted by Crippen LogP contribution is 2.38. The van der Waals surface area contributed by atoms with Gasteiger partial charge in [0.1, 0.15) is 0 Å². The number of rotatable bonds is 4. The summed E-state index contributed by atoms with van der Waals surface area (Å²) in [4.78, 5) is 25.1. The predicted molar refractivity (Wildman–Crippen MR) is 94.3 cm³/mol. The molecule has 0 aliphatic carbocycles. The molecule has 0 radical (unpaired) electrons. The van der Waals surface area contributed by atoms with Crippen molar-refractivity contribution in [2.75, 3.05) is 18.4 Å².